The summed E-state index contributed by atoms with van der Waals surface area (Å²) in [6, 6.07) is 22.6. The van der Waals surface area contributed by atoms with Gasteiger partial charge in [0.05, 0.1) is 19.2 Å². The van der Waals surface area contributed by atoms with Gasteiger partial charge < -0.3 is 20.9 Å². The smallest absolute Gasteiger partial charge is 0.244 e. The van der Waals surface area contributed by atoms with Gasteiger partial charge in [-0.25, -0.2) is 0 Å². The fourth-order valence-corrected chi connectivity index (χ4v) is 3.90. The predicted molar refractivity (Wildman–Crippen MR) is 133 cm³/mol. The third kappa shape index (κ3) is 5.78. The van der Waals surface area contributed by atoms with Gasteiger partial charge in [0.25, 0.3) is 0 Å². The highest BCUT2D eigenvalue weighted by Gasteiger charge is 2.43. The van der Waals surface area contributed by atoms with Gasteiger partial charge in [-0.2, -0.15) is 0 Å². The Morgan fingerprint density at radius 2 is 1.68 bits per heavy atom. The van der Waals surface area contributed by atoms with Gasteiger partial charge >= 0.3 is 0 Å². The topological polar surface area (TPSA) is 102 Å². The monoisotopic (exact) mass is 458 g/mol. The normalized spacial score (nSPS) is 14.7. The summed E-state index contributed by atoms with van der Waals surface area (Å²) in [5.74, 6) is -0.183. The summed E-state index contributed by atoms with van der Waals surface area (Å²) in [7, 11) is 1.57. The van der Waals surface area contributed by atoms with Crippen LogP contribution in [0.5, 0.6) is 5.75 Å². The van der Waals surface area contributed by atoms with E-state index in [1.807, 2.05) is 24.3 Å². The number of aliphatic hydroxyl groups is 1. The van der Waals surface area contributed by atoms with Crippen LogP contribution in [-0.2, 0) is 10.4 Å². The maximum Gasteiger partial charge on any atom is 0.244 e. The highest BCUT2D eigenvalue weighted by atomic mass is 16.5. The first-order valence-corrected chi connectivity index (χ1v) is 11.1. The van der Waals surface area contributed by atoms with Gasteiger partial charge in [-0.15, -0.1) is 0 Å². The van der Waals surface area contributed by atoms with E-state index < -0.39 is 23.6 Å². The lowest BCUT2D eigenvalue weighted by atomic mass is 9.78. The van der Waals surface area contributed by atoms with Crippen LogP contribution in [0, 0.1) is 0 Å². The molecule has 3 unspecified atom stereocenters. The van der Waals surface area contributed by atoms with E-state index in [-0.39, 0.29) is 12.2 Å². The fourth-order valence-electron chi connectivity index (χ4n) is 3.90. The summed E-state index contributed by atoms with van der Waals surface area (Å²) >= 11 is 0. The molecule has 0 aliphatic rings. The Bertz CT molecular complexity index is 1130. The molecule has 0 aliphatic heterocycles. The lowest BCUT2D eigenvalue weighted by molar-refractivity contribution is -0.120. The molecule has 3 atom stereocenters. The van der Waals surface area contributed by atoms with Gasteiger partial charge in [0.2, 0.25) is 5.91 Å². The number of hydrogen-bond donors (Lipinski definition) is 3. The number of carbonyl (C=O) groups is 2. The van der Waals surface area contributed by atoms with Crippen LogP contribution >= 0.6 is 0 Å². The van der Waals surface area contributed by atoms with E-state index in [2.05, 4.69) is 5.32 Å². The van der Waals surface area contributed by atoms with Crippen LogP contribution in [-0.4, -0.2) is 36.0 Å². The number of Topliss-reactive ketones (excluding diaryl/α,β-unsaturated/α-hetero) is 1. The van der Waals surface area contributed by atoms with Crippen LogP contribution in [0.4, 0.5) is 0 Å². The molecule has 0 saturated heterocycles. The number of ketones is 1. The number of benzene rings is 3. The molecule has 0 spiro atoms. The minimum Gasteiger partial charge on any atom is -0.497 e. The Kier molecular flexibility index (Phi) is 8.35. The minimum absolute atomic E-state index is 0.233. The summed E-state index contributed by atoms with van der Waals surface area (Å²) in [5, 5.41) is 14.5. The molecular weight excluding hydrogens is 428 g/mol. The molecule has 6 heteroatoms. The average Bonchev–Trinajstić information content (AvgIpc) is 2.90. The summed E-state index contributed by atoms with van der Waals surface area (Å²) in [6.07, 6.45) is 3.22. The number of methoxy groups -OCH3 is 1. The van der Waals surface area contributed by atoms with Crippen molar-refractivity contribution in [1.29, 1.82) is 0 Å². The third-order valence-corrected chi connectivity index (χ3v) is 5.87. The highest BCUT2D eigenvalue weighted by molar-refractivity contribution is 6.01. The number of ether oxygens (including phenoxy) is 1. The first-order valence-electron chi connectivity index (χ1n) is 11.1. The van der Waals surface area contributed by atoms with Crippen molar-refractivity contribution in [1.82, 2.24) is 5.32 Å². The number of nitrogens with two attached hydrogens (primary N) is 1. The molecule has 176 valence electrons. The molecule has 3 aromatic carbocycles. The second-order valence-electron chi connectivity index (χ2n) is 8.00. The molecule has 3 aromatic rings. The molecular formula is C28H30N2O4. The molecule has 0 bridgehead atoms. The first kappa shape index (κ1) is 24.9. The van der Waals surface area contributed by atoms with E-state index in [1.165, 1.54) is 6.08 Å². The summed E-state index contributed by atoms with van der Waals surface area (Å²) in [4.78, 5) is 26.1. The van der Waals surface area contributed by atoms with Crippen LogP contribution in [0.3, 0.4) is 0 Å². The molecule has 0 aromatic heterocycles. The fraction of sp³-hybridized carbons (Fsp3) is 0.214. The zero-order valence-electron chi connectivity index (χ0n) is 19.3. The van der Waals surface area contributed by atoms with Crippen LogP contribution in [0.15, 0.2) is 91.0 Å². The van der Waals surface area contributed by atoms with E-state index in [9.17, 15) is 14.7 Å². The van der Waals surface area contributed by atoms with E-state index in [0.29, 0.717) is 16.9 Å². The van der Waals surface area contributed by atoms with E-state index in [4.69, 9.17) is 10.5 Å². The Balaban J connectivity index is 1.93. The third-order valence-electron chi connectivity index (χ3n) is 5.87. The van der Waals surface area contributed by atoms with Crippen molar-refractivity contribution in [2.45, 2.75) is 31.0 Å². The van der Waals surface area contributed by atoms with Gasteiger partial charge in [-0.3, -0.25) is 9.59 Å². The van der Waals surface area contributed by atoms with Gasteiger partial charge in [0.1, 0.15) is 11.4 Å². The van der Waals surface area contributed by atoms with Crippen molar-refractivity contribution in [2.24, 2.45) is 5.73 Å². The molecule has 34 heavy (non-hydrogen) atoms. The molecule has 0 fully saturated rings. The average molecular weight is 459 g/mol. The number of nitrogens with one attached hydrogen (secondary N) is 1. The second-order valence-corrected chi connectivity index (χ2v) is 8.00. The maximum atomic E-state index is 13.2. The summed E-state index contributed by atoms with van der Waals surface area (Å²) < 4.78 is 5.21. The quantitative estimate of drug-likeness (QED) is 0.318. The van der Waals surface area contributed by atoms with E-state index >= 15 is 0 Å². The summed E-state index contributed by atoms with van der Waals surface area (Å²) in [5.41, 5.74) is 6.60. The maximum absolute atomic E-state index is 13.2. The van der Waals surface area contributed by atoms with Crippen molar-refractivity contribution in [2.75, 3.05) is 7.11 Å². The molecule has 6 nitrogen and oxygen atoms in total. The van der Waals surface area contributed by atoms with Crippen LogP contribution in [0.25, 0.3) is 6.08 Å². The zero-order chi connectivity index (χ0) is 24.6. The Morgan fingerprint density at radius 3 is 2.29 bits per heavy atom. The van der Waals surface area contributed by atoms with Gasteiger partial charge in [-0.05, 0) is 35.8 Å². The van der Waals surface area contributed by atoms with Crippen molar-refractivity contribution >= 4 is 17.8 Å². The molecule has 1 amide bonds. The number of hydrogen-bond acceptors (Lipinski definition) is 5. The molecule has 3 rings (SSSR count). The van der Waals surface area contributed by atoms with Crippen molar-refractivity contribution < 1.29 is 19.4 Å². The minimum atomic E-state index is -1.56. The van der Waals surface area contributed by atoms with Crippen molar-refractivity contribution in [3.63, 3.8) is 0 Å². The highest BCUT2D eigenvalue weighted by Crippen LogP contribution is 2.31. The second kappa shape index (κ2) is 11.4. The molecule has 0 radical (unpaired) electrons. The van der Waals surface area contributed by atoms with Crippen LogP contribution < -0.4 is 15.8 Å². The number of amides is 1. The van der Waals surface area contributed by atoms with Gasteiger partial charge in [0, 0.05) is 11.6 Å². The first-order chi connectivity index (χ1) is 16.4. The molecule has 0 aliphatic carbocycles. The van der Waals surface area contributed by atoms with Crippen LogP contribution in [0.2, 0.25) is 0 Å². The van der Waals surface area contributed by atoms with Gasteiger partial charge in [-0.1, -0.05) is 79.7 Å². The predicted octanol–water partition coefficient (Wildman–Crippen LogP) is 3.70. The van der Waals surface area contributed by atoms with E-state index in [1.54, 1.807) is 80.8 Å². The number of rotatable bonds is 10. The molecule has 0 heterocycles. The Morgan fingerprint density at radius 1 is 1.03 bits per heavy atom. The lowest BCUT2D eigenvalue weighted by Crippen LogP contribution is -2.61. The van der Waals surface area contributed by atoms with E-state index in [0.717, 1.165) is 5.56 Å². The SMILES string of the molecule is CCC(O)(c1ccccc1)C(NC(=O)C=Cc1cccc(OC)c1)C(N)C(=O)c1ccccc1. The van der Waals surface area contributed by atoms with Crippen molar-refractivity contribution in [3.05, 3.63) is 108 Å². The summed E-state index contributed by atoms with van der Waals surface area (Å²) in [6.45, 7) is 1.79. The Labute approximate surface area is 200 Å². The number of carbonyl (C=O) groups excluding carboxylic acids is 2. The molecule has 4 N–H and O–H groups in total. The largest absolute Gasteiger partial charge is 0.497 e. The van der Waals surface area contributed by atoms with Gasteiger partial charge in [0.15, 0.2) is 5.78 Å². The Hall–Kier alpha value is -3.74. The lowest BCUT2D eigenvalue weighted by Gasteiger charge is -2.39. The van der Waals surface area contributed by atoms with Crippen LogP contribution in [0.1, 0.15) is 34.8 Å². The van der Waals surface area contributed by atoms with Crippen molar-refractivity contribution in [3.8, 4) is 5.75 Å². The zero-order valence-corrected chi connectivity index (χ0v) is 19.3. The standard InChI is InChI=1S/C28H30N2O4/c1-3-28(33,22-14-8-5-9-15-22)27(25(29)26(32)21-12-6-4-7-13-21)30-24(31)18-17-20-11-10-16-23(19-20)34-2/h4-19,25,27,33H,3,29H2,1-2H3,(H,30,31). The molecule has 0 saturated carbocycles.